The number of thiazole rings is 1. The molecule has 2 N–H and O–H groups in total. The summed E-state index contributed by atoms with van der Waals surface area (Å²) in [6.45, 7) is 0.806. The zero-order valence-electron chi connectivity index (χ0n) is 14.0. The molecule has 6 nitrogen and oxygen atoms in total. The standard InChI is InChI=1S/C19H17N3O3S/c23-17(10-25-11-18-22-15-5-1-2-7-16(15)26-18)21-14-6-3-4-13-12(14)8-9-20-19(13)24/h1-7H,8-11H2,(H,20,24)(H,21,23). The largest absolute Gasteiger partial charge is 0.364 e. The minimum atomic E-state index is -0.245. The smallest absolute Gasteiger partial charge is 0.251 e. The third kappa shape index (κ3) is 3.44. The number of fused-ring (bicyclic) bond motifs is 2. The van der Waals surface area contributed by atoms with E-state index in [1.54, 1.807) is 23.5 Å². The maximum absolute atomic E-state index is 12.2. The molecule has 2 amide bonds. The van der Waals surface area contributed by atoms with Gasteiger partial charge in [-0.2, -0.15) is 0 Å². The second kappa shape index (κ2) is 7.23. The molecule has 0 saturated carbocycles. The zero-order chi connectivity index (χ0) is 17.9. The molecular weight excluding hydrogens is 350 g/mol. The van der Waals surface area contributed by atoms with Gasteiger partial charge in [0.15, 0.2) is 0 Å². The predicted octanol–water partition coefficient (Wildman–Crippen LogP) is 2.74. The number of amides is 2. The summed E-state index contributed by atoms with van der Waals surface area (Å²) in [5, 5.41) is 6.48. The molecular formula is C19H17N3O3S. The first-order valence-corrected chi connectivity index (χ1v) is 9.14. The fourth-order valence-electron chi connectivity index (χ4n) is 2.98. The lowest BCUT2D eigenvalue weighted by atomic mass is 9.98. The van der Waals surface area contributed by atoms with E-state index in [-0.39, 0.29) is 18.4 Å². The summed E-state index contributed by atoms with van der Waals surface area (Å²) >= 11 is 1.56. The van der Waals surface area contributed by atoms with E-state index in [1.165, 1.54) is 0 Å². The monoisotopic (exact) mass is 367 g/mol. The van der Waals surface area contributed by atoms with Gasteiger partial charge >= 0.3 is 0 Å². The molecule has 1 aliphatic heterocycles. The third-order valence-electron chi connectivity index (χ3n) is 4.15. The van der Waals surface area contributed by atoms with Crippen molar-refractivity contribution >= 4 is 39.1 Å². The van der Waals surface area contributed by atoms with Crippen molar-refractivity contribution in [2.24, 2.45) is 0 Å². The highest BCUT2D eigenvalue weighted by Gasteiger charge is 2.19. The van der Waals surface area contributed by atoms with E-state index < -0.39 is 0 Å². The molecule has 3 aromatic rings. The molecule has 7 heteroatoms. The van der Waals surface area contributed by atoms with Crippen LogP contribution in [0.15, 0.2) is 42.5 Å². The molecule has 0 spiro atoms. The van der Waals surface area contributed by atoms with Gasteiger partial charge < -0.3 is 15.4 Å². The van der Waals surface area contributed by atoms with Gasteiger partial charge in [-0.05, 0) is 36.2 Å². The van der Waals surface area contributed by atoms with E-state index in [0.29, 0.717) is 30.8 Å². The molecule has 132 valence electrons. The van der Waals surface area contributed by atoms with E-state index in [4.69, 9.17) is 4.74 Å². The molecule has 2 aromatic carbocycles. The molecule has 1 aliphatic rings. The first-order chi connectivity index (χ1) is 12.7. The van der Waals surface area contributed by atoms with Gasteiger partial charge in [-0.15, -0.1) is 11.3 Å². The number of nitrogens with one attached hydrogen (secondary N) is 2. The van der Waals surface area contributed by atoms with Crippen LogP contribution in [0, 0.1) is 0 Å². The highest BCUT2D eigenvalue weighted by atomic mass is 32.1. The Balaban J connectivity index is 1.36. The van der Waals surface area contributed by atoms with Crippen molar-refractivity contribution in [1.29, 1.82) is 0 Å². The Morgan fingerprint density at radius 1 is 1.23 bits per heavy atom. The summed E-state index contributed by atoms with van der Waals surface area (Å²) in [5.41, 5.74) is 3.10. The van der Waals surface area contributed by atoms with Gasteiger partial charge in [0.05, 0.1) is 16.8 Å². The van der Waals surface area contributed by atoms with Gasteiger partial charge in [0.2, 0.25) is 5.91 Å². The van der Waals surface area contributed by atoms with E-state index in [1.807, 2.05) is 30.3 Å². The number of ether oxygens (including phenoxy) is 1. The van der Waals surface area contributed by atoms with Crippen LogP contribution in [0.4, 0.5) is 5.69 Å². The summed E-state index contributed by atoms with van der Waals surface area (Å²) < 4.78 is 6.61. The van der Waals surface area contributed by atoms with Gasteiger partial charge in [0, 0.05) is 17.8 Å². The van der Waals surface area contributed by atoms with Gasteiger partial charge in [-0.1, -0.05) is 18.2 Å². The highest BCUT2D eigenvalue weighted by Crippen LogP contribution is 2.24. The minimum Gasteiger partial charge on any atom is -0.364 e. The number of para-hydroxylation sites is 1. The van der Waals surface area contributed by atoms with Gasteiger partial charge in [0.1, 0.15) is 11.6 Å². The highest BCUT2D eigenvalue weighted by molar-refractivity contribution is 7.18. The Morgan fingerprint density at radius 2 is 2.12 bits per heavy atom. The Kier molecular flexibility index (Phi) is 4.64. The maximum Gasteiger partial charge on any atom is 0.251 e. The van der Waals surface area contributed by atoms with Gasteiger partial charge in [-0.25, -0.2) is 4.98 Å². The Morgan fingerprint density at radius 3 is 3.00 bits per heavy atom. The minimum absolute atomic E-state index is 0.0637. The SMILES string of the molecule is O=C(COCc1nc2ccccc2s1)Nc1cccc2c1CCNC2=O. The molecule has 1 aromatic heterocycles. The first kappa shape index (κ1) is 16.7. The van der Waals surface area contributed by atoms with E-state index in [9.17, 15) is 9.59 Å². The van der Waals surface area contributed by atoms with Crippen molar-refractivity contribution in [3.05, 3.63) is 58.6 Å². The summed E-state index contributed by atoms with van der Waals surface area (Å²) in [7, 11) is 0. The molecule has 0 atom stereocenters. The first-order valence-electron chi connectivity index (χ1n) is 8.33. The fraction of sp³-hybridized carbons (Fsp3) is 0.211. The van der Waals surface area contributed by atoms with Crippen molar-refractivity contribution in [3.63, 3.8) is 0 Å². The summed E-state index contributed by atoms with van der Waals surface area (Å²) in [6, 6.07) is 13.2. The van der Waals surface area contributed by atoms with Crippen LogP contribution < -0.4 is 10.6 Å². The molecule has 0 aliphatic carbocycles. The molecule has 0 radical (unpaired) electrons. The normalized spacial score (nSPS) is 13.3. The molecule has 0 bridgehead atoms. The molecule has 2 heterocycles. The summed E-state index contributed by atoms with van der Waals surface area (Å²) in [4.78, 5) is 28.5. The zero-order valence-corrected chi connectivity index (χ0v) is 14.8. The number of anilines is 1. The third-order valence-corrected chi connectivity index (χ3v) is 5.16. The van der Waals surface area contributed by atoms with Crippen LogP contribution in [0.1, 0.15) is 20.9 Å². The molecule has 4 rings (SSSR count). The van der Waals surface area contributed by atoms with Gasteiger partial charge in [-0.3, -0.25) is 9.59 Å². The molecule has 26 heavy (non-hydrogen) atoms. The number of carbonyl (C=O) groups excluding carboxylic acids is 2. The molecule has 0 unspecified atom stereocenters. The number of hydrogen-bond donors (Lipinski definition) is 2. The number of carbonyl (C=O) groups is 2. The second-order valence-electron chi connectivity index (χ2n) is 5.95. The molecule has 0 fully saturated rings. The number of hydrogen-bond acceptors (Lipinski definition) is 5. The second-order valence-corrected chi connectivity index (χ2v) is 7.07. The summed E-state index contributed by atoms with van der Waals surface area (Å²) in [6.07, 6.45) is 0.699. The lowest BCUT2D eigenvalue weighted by Gasteiger charge is -2.19. The fourth-order valence-corrected chi connectivity index (χ4v) is 3.89. The van der Waals surface area contributed by atoms with Crippen LogP contribution in [-0.4, -0.2) is 29.9 Å². The van der Waals surface area contributed by atoms with E-state index >= 15 is 0 Å². The quantitative estimate of drug-likeness (QED) is 0.727. The van der Waals surface area contributed by atoms with E-state index in [2.05, 4.69) is 15.6 Å². The van der Waals surface area contributed by atoms with Crippen LogP contribution in [0.2, 0.25) is 0 Å². The maximum atomic E-state index is 12.2. The van der Waals surface area contributed by atoms with Crippen LogP contribution in [0.5, 0.6) is 0 Å². The van der Waals surface area contributed by atoms with Gasteiger partial charge in [0.25, 0.3) is 5.91 Å². The predicted molar refractivity (Wildman–Crippen MR) is 100 cm³/mol. The summed E-state index contributed by atoms with van der Waals surface area (Å²) in [5.74, 6) is -0.347. The average molecular weight is 367 g/mol. The molecule has 0 saturated heterocycles. The van der Waals surface area contributed by atoms with Crippen molar-refractivity contribution in [2.75, 3.05) is 18.5 Å². The van der Waals surface area contributed by atoms with E-state index in [0.717, 1.165) is 20.8 Å². The van der Waals surface area contributed by atoms with Crippen molar-refractivity contribution in [1.82, 2.24) is 10.3 Å². The number of nitrogens with zero attached hydrogens (tertiary/aromatic N) is 1. The topological polar surface area (TPSA) is 80.3 Å². The van der Waals surface area contributed by atoms with Crippen molar-refractivity contribution in [3.8, 4) is 0 Å². The average Bonchev–Trinajstić information content (AvgIpc) is 3.05. The van der Waals surface area contributed by atoms with Crippen LogP contribution >= 0.6 is 11.3 Å². The number of aromatic nitrogens is 1. The van der Waals surface area contributed by atoms with Crippen molar-refractivity contribution in [2.45, 2.75) is 13.0 Å². The van der Waals surface area contributed by atoms with Crippen LogP contribution in [0.25, 0.3) is 10.2 Å². The Hall–Kier alpha value is -2.77. The Bertz CT molecular complexity index is 950. The number of rotatable bonds is 5. The van der Waals surface area contributed by atoms with Crippen LogP contribution in [0.3, 0.4) is 0 Å². The van der Waals surface area contributed by atoms with Crippen LogP contribution in [-0.2, 0) is 22.6 Å². The lowest BCUT2D eigenvalue weighted by Crippen LogP contribution is -2.32. The van der Waals surface area contributed by atoms with Crippen molar-refractivity contribution < 1.29 is 14.3 Å². The Labute approximate surface area is 154 Å². The lowest BCUT2D eigenvalue weighted by molar-refractivity contribution is -0.121. The number of benzene rings is 2.